The van der Waals surface area contributed by atoms with Crippen molar-refractivity contribution in [3.63, 3.8) is 0 Å². The fraction of sp³-hybridized carbons (Fsp3) is 0.529. The highest BCUT2D eigenvalue weighted by Gasteiger charge is 2.27. The second-order valence-corrected chi connectivity index (χ2v) is 6.42. The van der Waals surface area contributed by atoms with E-state index in [1.165, 1.54) is 0 Å². The van der Waals surface area contributed by atoms with Gasteiger partial charge in [-0.1, -0.05) is 0 Å². The van der Waals surface area contributed by atoms with Crippen LogP contribution in [-0.2, 0) is 4.79 Å². The monoisotopic (exact) mass is 303 g/mol. The lowest BCUT2D eigenvalue weighted by Gasteiger charge is -2.14. The number of nitrogens with two attached hydrogens (primary N) is 1. The van der Waals surface area contributed by atoms with Crippen molar-refractivity contribution in [1.29, 1.82) is 0 Å². The Labute approximate surface area is 131 Å². The van der Waals surface area contributed by atoms with Crippen LogP contribution in [0.15, 0.2) is 18.2 Å². The van der Waals surface area contributed by atoms with E-state index in [0.717, 1.165) is 30.5 Å². The first-order valence-electron chi connectivity index (χ1n) is 7.84. The van der Waals surface area contributed by atoms with Gasteiger partial charge in [-0.15, -0.1) is 0 Å². The van der Waals surface area contributed by atoms with Crippen molar-refractivity contribution in [3.8, 4) is 0 Å². The van der Waals surface area contributed by atoms with Gasteiger partial charge in [-0.2, -0.15) is 0 Å². The molecule has 0 spiro atoms. The Morgan fingerprint density at radius 3 is 2.55 bits per heavy atom. The lowest BCUT2D eigenvalue weighted by Crippen LogP contribution is -2.30. The minimum atomic E-state index is -0.0993. The molecule has 1 fully saturated rings. The van der Waals surface area contributed by atoms with Crippen LogP contribution in [0.5, 0.6) is 0 Å². The molecule has 0 aliphatic heterocycles. The number of amides is 2. The molecular weight excluding hydrogens is 278 g/mol. The minimum absolute atomic E-state index is 0.00156. The summed E-state index contributed by atoms with van der Waals surface area (Å²) in [6.07, 6.45) is 2.51. The molecule has 1 aliphatic rings. The number of rotatable bonds is 4. The van der Waals surface area contributed by atoms with Gasteiger partial charge >= 0.3 is 0 Å². The normalized spacial score (nSPS) is 21.0. The first-order valence-corrected chi connectivity index (χ1v) is 7.84. The van der Waals surface area contributed by atoms with E-state index in [1.54, 1.807) is 18.2 Å². The van der Waals surface area contributed by atoms with Crippen LogP contribution in [0.25, 0.3) is 0 Å². The van der Waals surface area contributed by atoms with Crippen molar-refractivity contribution >= 4 is 17.5 Å². The molecule has 1 aliphatic carbocycles. The molecule has 1 saturated carbocycles. The van der Waals surface area contributed by atoms with E-state index in [-0.39, 0.29) is 29.8 Å². The molecular formula is C17H25N3O2. The van der Waals surface area contributed by atoms with Crippen LogP contribution < -0.4 is 16.4 Å². The fourth-order valence-electron chi connectivity index (χ4n) is 2.78. The summed E-state index contributed by atoms with van der Waals surface area (Å²) in [5.74, 6) is -0.0773. The summed E-state index contributed by atoms with van der Waals surface area (Å²) < 4.78 is 0. The zero-order chi connectivity index (χ0) is 16.3. The molecule has 0 saturated heterocycles. The highest BCUT2D eigenvalue weighted by atomic mass is 16.2. The molecule has 0 bridgehead atoms. The average molecular weight is 303 g/mol. The van der Waals surface area contributed by atoms with Crippen molar-refractivity contribution in [3.05, 3.63) is 29.3 Å². The summed E-state index contributed by atoms with van der Waals surface area (Å²) in [5, 5.41) is 5.81. The lowest BCUT2D eigenvalue weighted by atomic mass is 10.1. The van der Waals surface area contributed by atoms with Gasteiger partial charge < -0.3 is 16.4 Å². The molecule has 0 radical (unpaired) electrons. The van der Waals surface area contributed by atoms with Gasteiger partial charge in [0.25, 0.3) is 5.91 Å². The maximum absolute atomic E-state index is 12.2. The van der Waals surface area contributed by atoms with Crippen LogP contribution in [0.1, 0.15) is 49.0 Å². The van der Waals surface area contributed by atoms with E-state index in [4.69, 9.17) is 5.73 Å². The van der Waals surface area contributed by atoms with Crippen molar-refractivity contribution in [2.75, 3.05) is 5.32 Å². The van der Waals surface area contributed by atoms with Gasteiger partial charge in [-0.25, -0.2) is 0 Å². The second kappa shape index (κ2) is 6.92. The van der Waals surface area contributed by atoms with E-state index in [9.17, 15) is 9.59 Å². The van der Waals surface area contributed by atoms with Crippen molar-refractivity contribution in [1.82, 2.24) is 5.32 Å². The number of anilines is 1. The summed E-state index contributed by atoms with van der Waals surface area (Å²) in [6.45, 7) is 5.74. The summed E-state index contributed by atoms with van der Waals surface area (Å²) in [7, 11) is 0. The predicted molar refractivity (Wildman–Crippen MR) is 87.7 cm³/mol. The summed E-state index contributed by atoms with van der Waals surface area (Å²) >= 11 is 0. The minimum Gasteiger partial charge on any atom is -0.350 e. The van der Waals surface area contributed by atoms with Gasteiger partial charge in [0, 0.05) is 29.3 Å². The van der Waals surface area contributed by atoms with Crippen LogP contribution in [0, 0.1) is 12.8 Å². The Hall–Kier alpha value is -1.88. The maximum atomic E-state index is 12.2. The molecule has 2 amide bonds. The smallest absolute Gasteiger partial charge is 0.251 e. The Balaban J connectivity index is 2.03. The zero-order valence-electron chi connectivity index (χ0n) is 13.5. The van der Waals surface area contributed by atoms with E-state index < -0.39 is 0 Å². The van der Waals surface area contributed by atoms with Gasteiger partial charge in [0.05, 0.1) is 0 Å². The van der Waals surface area contributed by atoms with E-state index >= 15 is 0 Å². The van der Waals surface area contributed by atoms with E-state index in [0.29, 0.717) is 5.56 Å². The first-order chi connectivity index (χ1) is 10.4. The maximum Gasteiger partial charge on any atom is 0.251 e. The van der Waals surface area contributed by atoms with Crippen molar-refractivity contribution < 1.29 is 9.59 Å². The SMILES string of the molecule is Cc1cc(C(=O)NC(C)C)ccc1NC(=O)C1CCC(N)C1. The summed E-state index contributed by atoms with van der Waals surface area (Å²) in [4.78, 5) is 24.2. The molecule has 4 N–H and O–H groups in total. The number of hydrogen-bond donors (Lipinski definition) is 3. The van der Waals surface area contributed by atoms with Crippen molar-refractivity contribution in [2.45, 2.75) is 52.1 Å². The third-order valence-corrected chi connectivity index (χ3v) is 4.01. The van der Waals surface area contributed by atoms with E-state index in [1.807, 2.05) is 20.8 Å². The molecule has 5 nitrogen and oxygen atoms in total. The predicted octanol–water partition coefficient (Wildman–Crippen LogP) is 2.20. The second-order valence-electron chi connectivity index (χ2n) is 6.42. The molecule has 2 rings (SSSR count). The lowest BCUT2D eigenvalue weighted by molar-refractivity contribution is -0.119. The van der Waals surface area contributed by atoms with Crippen LogP contribution in [0.3, 0.4) is 0 Å². The topological polar surface area (TPSA) is 84.2 Å². The van der Waals surface area contributed by atoms with Crippen LogP contribution in [0.2, 0.25) is 0 Å². The molecule has 120 valence electrons. The molecule has 1 aromatic carbocycles. The van der Waals surface area contributed by atoms with Crippen molar-refractivity contribution in [2.24, 2.45) is 11.7 Å². The van der Waals surface area contributed by atoms with Gasteiger partial charge in [0.2, 0.25) is 5.91 Å². The quantitative estimate of drug-likeness (QED) is 0.797. The molecule has 5 heteroatoms. The third-order valence-electron chi connectivity index (χ3n) is 4.01. The van der Waals surface area contributed by atoms with Gasteiger partial charge in [-0.05, 0) is 63.8 Å². The zero-order valence-corrected chi connectivity index (χ0v) is 13.5. The highest BCUT2D eigenvalue weighted by Crippen LogP contribution is 2.26. The standard InChI is InChI=1S/C17H25N3O2/c1-10(2)19-16(21)12-5-7-15(11(3)8-12)20-17(22)13-4-6-14(18)9-13/h5,7-8,10,13-14H,4,6,9,18H2,1-3H3,(H,19,21)(H,20,22). The number of aryl methyl sites for hydroxylation is 1. The number of carbonyl (C=O) groups excluding carboxylic acids is 2. The fourth-order valence-corrected chi connectivity index (χ4v) is 2.78. The number of hydrogen-bond acceptors (Lipinski definition) is 3. The molecule has 22 heavy (non-hydrogen) atoms. The Kier molecular flexibility index (Phi) is 5.19. The number of benzene rings is 1. The van der Waals surface area contributed by atoms with Crippen LogP contribution in [-0.4, -0.2) is 23.9 Å². The molecule has 1 aromatic rings. The largest absolute Gasteiger partial charge is 0.350 e. The van der Waals surface area contributed by atoms with Crippen LogP contribution >= 0.6 is 0 Å². The van der Waals surface area contributed by atoms with Gasteiger partial charge in [-0.3, -0.25) is 9.59 Å². The van der Waals surface area contributed by atoms with Crippen LogP contribution in [0.4, 0.5) is 5.69 Å². The van der Waals surface area contributed by atoms with E-state index in [2.05, 4.69) is 10.6 Å². The van der Waals surface area contributed by atoms with Gasteiger partial charge in [0.1, 0.15) is 0 Å². The summed E-state index contributed by atoms with van der Waals surface area (Å²) in [6, 6.07) is 5.56. The molecule has 2 unspecified atom stereocenters. The third kappa shape index (κ3) is 4.07. The Morgan fingerprint density at radius 2 is 2.00 bits per heavy atom. The Bertz CT molecular complexity index is 569. The molecule has 0 aromatic heterocycles. The Morgan fingerprint density at radius 1 is 1.27 bits per heavy atom. The summed E-state index contributed by atoms with van der Waals surface area (Å²) in [5.41, 5.74) is 8.10. The number of carbonyl (C=O) groups is 2. The molecule has 0 heterocycles. The number of nitrogens with one attached hydrogen (secondary N) is 2. The van der Waals surface area contributed by atoms with Gasteiger partial charge in [0.15, 0.2) is 0 Å². The molecule has 2 atom stereocenters. The first kappa shape index (κ1) is 16.5. The highest BCUT2D eigenvalue weighted by molar-refractivity contribution is 5.97. The average Bonchev–Trinajstić information content (AvgIpc) is 2.87.